The predicted molar refractivity (Wildman–Crippen MR) is 62.9 cm³/mol. The molecular weight excluding hydrogens is 200 g/mol. The molecule has 3 nitrogen and oxygen atoms in total. The highest BCUT2D eigenvalue weighted by Gasteiger charge is 2.02. The Balaban J connectivity index is 2.05. The predicted octanol–water partition coefficient (Wildman–Crippen LogP) is 2.12. The lowest BCUT2D eigenvalue weighted by molar-refractivity contribution is 0.301. The average molecular weight is 214 g/mol. The molecule has 3 heteroatoms. The van der Waals surface area contributed by atoms with E-state index in [1.165, 1.54) is 0 Å². The second-order valence-corrected chi connectivity index (χ2v) is 3.43. The molecule has 82 valence electrons. The smallest absolute Gasteiger partial charge is 0.142 e. The van der Waals surface area contributed by atoms with Gasteiger partial charge in [0.05, 0.1) is 5.69 Å². The summed E-state index contributed by atoms with van der Waals surface area (Å²) in [5, 5.41) is 0. The second kappa shape index (κ2) is 5.28. The van der Waals surface area contributed by atoms with Crippen molar-refractivity contribution in [1.82, 2.24) is 4.98 Å². The highest BCUT2D eigenvalue weighted by atomic mass is 16.5. The van der Waals surface area contributed by atoms with Crippen molar-refractivity contribution >= 4 is 0 Å². The Kier molecular flexibility index (Phi) is 3.51. The zero-order valence-electron chi connectivity index (χ0n) is 8.97. The fourth-order valence-corrected chi connectivity index (χ4v) is 1.44. The molecule has 0 saturated carbocycles. The first-order valence-electron chi connectivity index (χ1n) is 5.21. The monoisotopic (exact) mass is 214 g/mol. The van der Waals surface area contributed by atoms with Gasteiger partial charge in [-0.2, -0.15) is 0 Å². The molecule has 0 unspecified atom stereocenters. The van der Waals surface area contributed by atoms with E-state index in [4.69, 9.17) is 10.5 Å². The van der Waals surface area contributed by atoms with Gasteiger partial charge in [0.1, 0.15) is 12.4 Å². The summed E-state index contributed by atoms with van der Waals surface area (Å²) in [5.41, 5.74) is 7.50. The summed E-state index contributed by atoms with van der Waals surface area (Å²) in [7, 11) is 0. The highest BCUT2D eigenvalue weighted by molar-refractivity contribution is 5.27. The van der Waals surface area contributed by atoms with E-state index in [1.54, 1.807) is 6.20 Å². The summed E-state index contributed by atoms with van der Waals surface area (Å²) in [6.45, 7) is 0.935. The molecule has 0 aliphatic carbocycles. The third-order valence-electron chi connectivity index (χ3n) is 2.28. The summed E-state index contributed by atoms with van der Waals surface area (Å²) in [6.07, 6.45) is 1.72. The molecule has 1 aromatic heterocycles. The van der Waals surface area contributed by atoms with Crippen molar-refractivity contribution in [1.29, 1.82) is 0 Å². The van der Waals surface area contributed by atoms with Gasteiger partial charge in [-0.1, -0.05) is 30.3 Å². The molecule has 16 heavy (non-hydrogen) atoms. The van der Waals surface area contributed by atoms with Crippen molar-refractivity contribution in [3.05, 3.63) is 59.9 Å². The Hall–Kier alpha value is -1.87. The van der Waals surface area contributed by atoms with Crippen LogP contribution < -0.4 is 10.5 Å². The highest BCUT2D eigenvalue weighted by Crippen LogP contribution is 2.16. The summed E-state index contributed by atoms with van der Waals surface area (Å²) in [5.74, 6) is 0.758. The van der Waals surface area contributed by atoms with E-state index in [9.17, 15) is 0 Å². The number of aromatic nitrogens is 1. The van der Waals surface area contributed by atoms with Crippen LogP contribution >= 0.6 is 0 Å². The molecule has 2 N–H and O–H groups in total. The summed E-state index contributed by atoms with van der Waals surface area (Å²) < 4.78 is 5.67. The normalized spacial score (nSPS) is 10.1. The molecule has 1 aromatic carbocycles. The van der Waals surface area contributed by atoms with E-state index in [-0.39, 0.29) is 0 Å². The average Bonchev–Trinajstić information content (AvgIpc) is 2.38. The van der Waals surface area contributed by atoms with Crippen molar-refractivity contribution in [2.24, 2.45) is 5.73 Å². The number of rotatable bonds is 4. The Morgan fingerprint density at radius 1 is 1.06 bits per heavy atom. The second-order valence-electron chi connectivity index (χ2n) is 3.43. The van der Waals surface area contributed by atoms with Crippen LogP contribution in [-0.2, 0) is 13.2 Å². The fourth-order valence-electron chi connectivity index (χ4n) is 1.44. The number of hydrogen-bond acceptors (Lipinski definition) is 3. The van der Waals surface area contributed by atoms with Gasteiger partial charge >= 0.3 is 0 Å². The van der Waals surface area contributed by atoms with E-state index in [1.807, 2.05) is 42.5 Å². The Labute approximate surface area is 94.9 Å². The van der Waals surface area contributed by atoms with Crippen molar-refractivity contribution in [3.8, 4) is 5.75 Å². The molecule has 0 fully saturated rings. The summed E-state index contributed by atoms with van der Waals surface area (Å²) in [6, 6.07) is 13.8. The number of nitrogens with zero attached hydrogens (tertiary/aromatic N) is 1. The van der Waals surface area contributed by atoms with Crippen molar-refractivity contribution in [3.63, 3.8) is 0 Å². The van der Waals surface area contributed by atoms with Crippen LogP contribution in [0, 0.1) is 0 Å². The minimum atomic E-state index is 0.394. The standard InChI is InChI=1S/C13H14N2O/c14-9-12-13(7-4-8-15-12)16-10-11-5-2-1-3-6-11/h1-8H,9-10,14H2. The van der Waals surface area contributed by atoms with Crippen molar-refractivity contribution in [2.75, 3.05) is 0 Å². The first kappa shape index (κ1) is 10.6. The maximum atomic E-state index is 5.67. The topological polar surface area (TPSA) is 48.1 Å². The largest absolute Gasteiger partial charge is 0.487 e. The number of nitrogens with two attached hydrogens (primary N) is 1. The van der Waals surface area contributed by atoms with Gasteiger partial charge in [-0.25, -0.2) is 0 Å². The molecule has 2 aromatic rings. The summed E-state index contributed by atoms with van der Waals surface area (Å²) in [4.78, 5) is 4.16. The number of benzene rings is 1. The van der Waals surface area contributed by atoms with Gasteiger partial charge in [0, 0.05) is 12.7 Å². The number of pyridine rings is 1. The Morgan fingerprint density at radius 2 is 1.88 bits per heavy atom. The van der Waals surface area contributed by atoms with Gasteiger partial charge in [0.25, 0.3) is 0 Å². The van der Waals surface area contributed by atoms with E-state index < -0.39 is 0 Å². The van der Waals surface area contributed by atoms with Gasteiger partial charge in [-0.05, 0) is 17.7 Å². The van der Waals surface area contributed by atoms with Crippen LogP contribution in [0.25, 0.3) is 0 Å². The quantitative estimate of drug-likeness (QED) is 0.848. The molecule has 0 spiro atoms. The van der Waals surface area contributed by atoms with Crippen LogP contribution in [0.5, 0.6) is 5.75 Å². The molecule has 0 saturated heterocycles. The minimum absolute atomic E-state index is 0.394. The third-order valence-corrected chi connectivity index (χ3v) is 2.28. The molecule has 1 heterocycles. The van der Waals surface area contributed by atoms with E-state index in [0.29, 0.717) is 13.2 Å². The third kappa shape index (κ3) is 2.58. The lowest BCUT2D eigenvalue weighted by atomic mass is 10.2. The van der Waals surface area contributed by atoms with Gasteiger partial charge in [0.15, 0.2) is 0 Å². The number of ether oxygens (including phenoxy) is 1. The maximum Gasteiger partial charge on any atom is 0.142 e. The van der Waals surface area contributed by atoms with E-state index in [0.717, 1.165) is 17.0 Å². The molecule has 0 amide bonds. The lowest BCUT2D eigenvalue weighted by Crippen LogP contribution is -2.04. The first-order chi connectivity index (χ1) is 7.90. The van der Waals surface area contributed by atoms with E-state index >= 15 is 0 Å². The zero-order valence-corrected chi connectivity index (χ0v) is 8.97. The fraction of sp³-hybridized carbons (Fsp3) is 0.154. The van der Waals surface area contributed by atoms with Crippen LogP contribution in [0.3, 0.4) is 0 Å². The summed E-state index contributed by atoms with van der Waals surface area (Å²) >= 11 is 0. The van der Waals surface area contributed by atoms with Crippen LogP contribution in [0.4, 0.5) is 0 Å². The molecule has 0 atom stereocenters. The molecule has 0 aliphatic rings. The minimum Gasteiger partial charge on any atom is -0.487 e. The van der Waals surface area contributed by atoms with Gasteiger partial charge in [-0.15, -0.1) is 0 Å². The number of hydrogen-bond donors (Lipinski definition) is 1. The Morgan fingerprint density at radius 3 is 2.62 bits per heavy atom. The molecule has 0 radical (unpaired) electrons. The zero-order chi connectivity index (χ0) is 11.2. The van der Waals surface area contributed by atoms with Crippen molar-refractivity contribution in [2.45, 2.75) is 13.2 Å². The van der Waals surface area contributed by atoms with E-state index in [2.05, 4.69) is 4.98 Å². The van der Waals surface area contributed by atoms with Gasteiger partial charge in [0.2, 0.25) is 0 Å². The first-order valence-corrected chi connectivity index (χ1v) is 5.21. The van der Waals surface area contributed by atoms with Gasteiger partial charge < -0.3 is 10.5 Å². The molecule has 0 bridgehead atoms. The molecule has 2 rings (SSSR count). The van der Waals surface area contributed by atoms with Crippen LogP contribution in [0.1, 0.15) is 11.3 Å². The molecular formula is C13H14N2O. The Bertz CT molecular complexity index is 443. The van der Waals surface area contributed by atoms with Crippen molar-refractivity contribution < 1.29 is 4.74 Å². The maximum absolute atomic E-state index is 5.67. The van der Waals surface area contributed by atoms with Gasteiger partial charge in [-0.3, -0.25) is 4.98 Å². The SMILES string of the molecule is NCc1ncccc1OCc1ccccc1. The van der Waals surface area contributed by atoms with Crippen LogP contribution in [0.15, 0.2) is 48.7 Å². The van der Waals surface area contributed by atoms with Crippen LogP contribution in [0.2, 0.25) is 0 Å². The van der Waals surface area contributed by atoms with Crippen LogP contribution in [-0.4, -0.2) is 4.98 Å². The molecule has 0 aliphatic heterocycles. The lowest BCUT2D eigenvalue weighted by Gasteiger charge is -2.09.